The molecule has 0 amide bonds. The molecule has 3 aromatic rings. The molecule has 2 aromatic carbocycles. The zero-order chi connectivity index (χ0) is 20.4. The van der Waals surface area contributed by atoms with Crippen LogP contribution in [0.15, 0.2) is 50.8 Å². The van der Waals surface area contributed by atoms with E-state index in [1.54, 1.807) is 17.7 Å². The Balaban J connectivity index is 1.61. The van der Waals surface area contributed by atoms with Gasteiger partial charge in [-0.25, -0.2) is 4.98 Å². The van der Waals surface area contributed by atoms with Gasteiger partial charge in [-0.3, -0.25) is 14.2 Å². The Morgan fingerprint density at radius 2 is 2.03 bits per heavy atom. The van der Waals surface area contributed by atoms with Crippen LogP contribution in [0.3, 0.4) is 0 Å². The molecule has 0 spiro atoms. The maximum Gasteiger partial charge on any atom is 0.262 e. The Kier molecular flexibility index (Phi) is 6.18. The summed E-state index contributed by atoms with van der Waals surface area (Å²) in [5.74, 6) is 0.286. The number of benzene rings is 2. The lowest BCUT2D eigenvalue weighted by Gasteiger charge is -2.13. The standard InChI is InChI=1S/C22H21BrN2O3S/c1-28-10-9-25-21(27)18-12-17(23)7-8-19(18)24-22(25)29-13-20(26)16-6-5-14-3-2-4-15(14)11-16/h5-8,11-12H,2-4,9-10,13H2,1H3. The predicted octanol–water partition coefficient (Wildman–Crippen LogP) is 4.27. The van der Waals surface area contributed by atoms with Gasteiger partial charge in [0.25, 0.3) is 5.56 Å². The highest BCUT2D eigenvalue weighted by atomic mass is 79.9. The number of carbonyl (C=O) groups excluding carboxylic acids is 1. The van der Waals surface area contributed by atoms with E-state index in [1.165, 1.54) is 22.9 Å². The van der Waals surface area contributed by atoms with E-state index in [1.807, 2.05) is 24.3 Å². The van der Waals surface area contributed by atoms with E-state index in [0.717, 1.165) is 29.3 Å². The first kappa shape index (κ1) is 20.3. The highest BCUT2D eigenvalue weighted by Gasteiger charge is 2.17. The number of thioether (sulfide) groups is 1. The molecule has 1 heterocycles. The van der Waals surface area contributed by atoms with Crippen LogP contribution < -0.4 is 5.56 Å². The molecule has 1 aliphatic rings. The van der Waals surface area contributed by atoms with Gasteiger partial charge in [0.05, 0.1) is 29.8 Å². The first-order valence-corrected chi connectivity index (χ1v) is 11.3. The summed E-state index contributed by atoms with van der Waals surface area (Å²) in [6.07, 6.45) is 3.30. The summed E-state index contributed by atoms with van der Waals surface area (Å²) in [4.78, 5) is 30.4. The second-order valence-electron chi connectivity index (χ2n) is 7.05. The van der Waals surface area contributed by atoms with E-state index in [0.29, 0.717) is 29.2 Å². The van der Waals surface area contributed by atoms with E-state index < -0.39 is 0 Å². The summed E-state index contributed by atoms with van der Waals surface area (Å²) in [5, 5.41) is 1.08. The van der Waals surface area contributed by atoms with Gasteiger partial charge in [-0.05, 0) is 54.7 Å². The van der Waals surface area contributed by atoms with Gasteiger partial charge < -0.3 is 4.74 Å². The molecule has 0 saturated carbocycles. The molecular weight excluding hydrogens is 452 g/mol. The fourth-order valence-corrected chi connectivity index (χ4v) is 4.90. The van der Waals surface area contributed by atoms with E-state index in [4.69, 9.17) is 4.74 Å². The van der Waals surface area contributed by atoms with Gasteiger partial charge >= 0.3 is 0 Å². The molecule has 150 valence electrons. The summed E-state index contributed by atoms with van der Waals surface area (Å²) in [6.45, 7) is 0.785. The van der Waals surface area contributed by atoms with Crippen LogP contribution in [0.1, 0.15) is 27.9 Å². The minimum Gasteiger partial charge on any atom is -0.383 e. The third-order valence-corrected chi connectivity index (χ3v) is 6.62. The molecule has 0 bridgehead atoms. The summed E-state index contributed by atoms with van der Waals surface area (Å²) in [5.41, 5.74) is 3.87. The molecule has 0 atom stereocenters. The molecule has 1 aliphatic carbocycles. The van der Waals surface area contributed by atoms with E-state index >= 15 is 0 Å². The van der Waals surface area contributed by atoms with Crippen molar-refractivity contribution in [2.24, 2.45) is 0 Å². The predicted molar refractivity (Wildman–Crippen MR) is 119 cm³/mol. The van der Waals surface area contributed by atoms with Gasteiger partial charge in [0.1, 0.15) is 0 Å². The average Bonchev–Trinajstić information content (AvgIpc) is 3.20. The maximum absolute atomic E-state index is 13.0. The average molecular weight is 473 g/mol. The Morgan fingerprint density at radius 3 is 2.86 bits per heavy atom. The van der Waals surface area contributed by atoms with Crippen LogP contribution in [0.2, 0.25) is 0 Å². The van der Waals surface area contributed by atoms with Gasteiger partial charge in [0.2, 0.25) is 0 Å². The van der Waals surface area contributed by atoms with Crippen LogP contribution >= 0.6 is 27.7 Å². The number of hydrogen-bond donors (Lipinski definition) is 0. The Morgan fingerprint density at radius 1 is 1.21 bits per heavy atom. The molecule has 0 radical (unpaired) electrons. The lowest BCUT2D eigenvalue weighted by molar-refractivity contribution is 0.102. The molecule has 0 fully saturated rings. The molecule has 0 unspecified atom stereocenters. The molecular formula is C22H21BrN2O3S. The summed E-state index contributed by atoms with van der Waals surface area (Å²) < 4.78 is 7.58. The van der Waals surface area contributed by atoms with Crippen molar-refractivity contribution in [1.82, 2.24) is 9.55 Å². The van der Waals surface area contributed by atoms with E-state index in [9.17, 15) is 9.59 Å². The fraction of sp³-hybridized carbons (Fsp3) is 0.318. The molecule has 0 N–H and O–H groups in total. The number of fused-ring (bicyclic) bond motifs is 2. The Labute approximate surface area is 181 Å². The maximum atomic E-state index is 13.0. The molecule has 7 heteroatoms. The third-order valence-electron chi connectivity index (χ3n) is 5.15. The first-order valence-electron chi connectivity index (χ1n) is 9.53. The number of halogens is 1. The molecule has 0 aliphatic heterocycles. The number of ether oxygens (including phenoxy) is 1. The van der Waals surface area contributed by atoms with Gasteiger partial charge in [-0.1, -0.05) is 39.8 Å². The van der Waals surface area contributed by atoms with E-state index in [2.05, 4.69) is 27.0 Å². The lowest BCUT2D eigenvalue weighted by atomic mass is 10.0. The number of aromatic nitrogens is 2. The van der Waals surface area contributed by atoms with Crippen molar-refractivity contribution in [3.63, 3.8) is 0 Å². The third kappa shape index (κ3) is 4.32. The molecule has 4 rings (SSSR count). The number of aryl methyl sites for hydroxylation is 2. The summed E-state index contributed by atoms with van der Waals surface area (Å²) in [7, 11) is 1.60. The number of methoxy groups -OCH3 is 1. The highest BCUT2D eigenvalue weighted by molar-refractivity contribution is 9.10. The van der Waals surface area contributed by atoms with Gasteiger partial charge in [0, 0.05) is 17.1 Å². The first-order chi connectivity index (χ1) is 14.1. The zero-order valence-corrected chi connectivity index (χ0v) is 18.5. The Hall–Kier alpha value is -1.96. The van der Waals surface area contributed by atoms with Crippen molar-refractivity contribution in [2.75, 3.05) is 19.5 Å². The van der Waals surface area contributed by atoms with Gasteiger partial charge in [-0.2, -0.15) is 0 Å². The molecule has 5 nitrogen and oxygen atoms in total. The van der Waals surface area contributed by atoms with Crippen LogP contribution in [-0.4, -0.2) is 34.8 Å². The molecule has 0 saturated heterocycles. The van der Waals surface area contributed by atoms with Gasteiger partial charge in [-0.15, -0.1) is 0 Å². The van der Waals surface area contributed by atoms with Crippen molar-refractivity contribution in [3.05, 3.63) is 67.9 Å². The minimum absolute atomic E-state index is 0.0492. The Bertz CT molecular complexity index is 1140. The number of rotatable bonds is 7. The van der Waals surface area contributed by atoms with E-state index in [-0.39, 0.29) is 17.1 Å². The number of hydrogen-bond acceptors (Lipinski definition) is 5. The monoisotopic (exact) mass is 472 g/mol. The van der Waals surface area contributed by atoms with Crippen LogP contribution in [0.5, 0.6) is 0 Å². The number of ketones is 1. The zero-order valence-electron chi connectivity index (χ0n) is 16.1. The quantitative estimate of drug-likeness (QED) is 0.292. The topological polar surface area (TPSA) is 61.2 Å². The van der Waals surface area contributed by atoms with Crippen molar-refractivity contribution in [2.45, 2.75) is 31.0 Å². The smallest absolute Gasteiger partial charge is 0.262 e. The fourth-order valence-electron chi connectivity index (χ4n) is 3.62. The van der Waals surface area contributed by atoms with Crippen molar-refractivity contribution < 1.29 is 9.53 Å². The largest absolute Gasteiger partial charge is 0.383 e. The van der Waals surface area contributed by atoms with Gasteiger partial charge in [0.15, 0.2) is 10.9 Å². The molecule has 29 heavy (non-hydrogen) atoms. The summed E-state index contributed by atoms with van der Waals surface area (Å²) in [6, 6.07) is 11.5. The van der Waals surface area contributed by atoms with Crippen LogP contribution in [0.25, 0.3) is 10.9 Å². The molecule has 1 aromatic heterocycles. The number of nitrogens with zero attached hydrogens (tertiary/aromatic N) is 2. The van der Waals surface area contributed by atoms with Crippen molar-refractivity contribution in [3.8, 4) is 0 Å². The normalized spacial score (nSPS) is 13.0. The number of Topliss-reactive ketones (excluding diaryl/α,β-unsaturated/α-hetero) is 1. The minimum atomic E-state index is -0.124. The van der Waals surface area contributed by atoms with Crippen molar-refractivity contribution in [1.29, 1.82) is 0 Å². The van der Waals surface area contributed by atoms with Crippen LogP contribution in [0.4, 0.5) is 0 Å². The number of carbonyl (C=O) groups is 1. The SMILES string of the molecule is COCCn1c(SCC(=O)c2ccc3c(c2)CCC3)nc2ccc(Br)cc2c1=O. The van der Waals surface area contributed by atoms with Crippen LogP contribution in [0, 0.1) is 0 Å². The second-order valence-corrected chi connectivity index (χ2v) is 8.91. The van der Waals surface area contributed by atoms with Crippen molar-refractivity contribution >= 4 is 44.4 Å². The lowest BCUT2D eigenvalue weighted by Crippen LogP contribution is -2.25. The van der Waals surface area contributed by atoms with Crippen LogP contribution in [-0.2, 0) is 24.1 Å². The second kappa shape index (κ2) is 8.81. The summed E-state index contributed by atoms with van der Waals surface area (Å²) >= 11 is 4.71. The highest BCUT2D eigenvalue weighted by Crippen LogP contribution is 2.25.